The Labute approximate surface area is 244 Å². The van der Waals surface area contributed by atoms with Crippen LogP contribution >= 0.6 is 0 Å². The molecule has 0 spiro atoms. The standard InChI is InChI=1S/C33H35F2N5O2/c1-33(2)32-38-30(24-11-13-25(34)14-12-24)31(37-27-17-15-26(35)16-18-27)39(32)21-22-40(33)29(42)9-6-20-36-28(41)19-10-23-7-4-3-5-8-23/h3-5,7-8,11-18,37H,6,9-10,19-22H2,1-2H3,(H,36,41). The van der Waals surface area contributed by atoms with E-state index in [0.29, 0.717) is 68.3 Å². The average Bonchev–Trinajstić information content (AvgIpc) is 3.35. The van der Waals surface area contributed by atoms with Crippen LogP contribution < -0.4 is 10.6 Å². The van der Waals surface area contributed by atoms with E-state index in [0.717, 1.165) is 11.1 Å². The van der Waals surface area contributed by atoms with Crippen LogP contribution in [0.3, 0.4) is 0 Å². The lowest BCUT2D eigenvalue weighted by atomic mass is 9.98. The fourth-order valence-electron chi connectivity index (χ4n) is 5.37. The van der Waals surface area contributed by atoms with Crippen molar-refractivity contribution in [2.24, 2.45) is 0 Å². The zero-order chi connectivity index (χ0) is 29.7. The molecule has 0 radical (unpaired) electrons. The van der Waals surface area contributed by atoms with Crippen LogP contribution in [-0.2, 0) is 28.1 Å². The molecule has 0 saturated heterocycles. The van der Waals surface area contributed by atoms with Crippen molar-refractivity contribution in [3.63, 3.8) is 0 Å². The van der Waals surface area contributed by atoms with Gasteiger partial charge in [-0.25, -0.2) is 13.8 Å². The molecule has 1 aliphatic heterocycles. The predicted molar refractivity (Wildman–Crippen MR) is 159 cm³/mol. The number of aromatic nitrogens is 2. The van der Waals surface area contributed by atoms with E-state index in [1.54, 1.807) is 24.3 Å². The van der Waals surface area contributed by atoms with Gasteiger partial charge < -0.3 is 20.1 Å². The summed E-state index contributed by atoms with van der Waals surface area (Å²) in [5.74, 6) is 0.670. The van der Waals surface area contributed by atoms with E-state index in [-0.39, 0.29) is 23.4 Å². The van der Waals surface area contributed by atoms with Gasteiger partial charge in [-0.1, -0.05) is 30.3 Å². The molecule has 0 atom stereocenters. The van der Waals surface area contributed by atoms with Gasteiger partial charge in [0.15, 0.2) is 0 Å². The zero-order valence-corrected chi connectivity index (χ0v) is 23.9. The molecular formula is C33H35F2N5O2. The molecular weight excluding hydrogens is 536 g/mol. The molecule has 2 heterocycles. The number of benzene rings is 3. The van der Waals surface area contributed by atoms with Crippen molar-refractivity contribution < 1.29 is 18.4 Å². The molecule has 7 nitrogen and oxygen atoms in total. The first-order chi connectivity index (χ1) is 20.2. The SMILES string of the molecule is CC1(C)c2nc(-c3ccc(F)cc3)c(Nc3ccc(F)cc3)n2CCN1C(=O)CCCNC(=O)CCc1ccccc1. The van der Waals surface area contributed by atoms with Crippen LogP contribution in [0.5, 0.6) is 0 Å². The number of carbonyl (C=O) groups excluding carboxylic acids is 2. The molecule has 9 heteroatoms. The number of aryl methyl sites for hydroxylation is 1. The number of rotatable bonds is 10. The molecule has 1 aromatic heterocycles. The van der Waals surface area contributed by atoms with Crippen molar-refractivity contribution in [1.82, 2.24) is 19.8 Å². The van der Waals surface area contributed by atoms with Gasteiger partial charge in [-0.05, 0) is 80.8 Å². The normalized spacial score (nSPS) is 13.9. The van der Waals surface area contributed by atoms with Gasteiger partial charge in [0, 0.05) is 43.7 Å². The van der Waals surface area contributed by atoms with E-state index in [9.17, 15) is 18.4 Å². The first-order valence-electron chi connectivity index (χ1n) is 14.2. The minimum Gasteiger partial charge on any atom is -0.356 e. The second kappa shape index (κ2) is 12.5. The highest BCUT2D eigenvalue weighted by molar-refractivity contribution is 5.80. The maximum absolute atomic E-state index is 13.7. The number of nitrogens with zero attached hydrogens (tertiary/aromatic N) is 3. The molecule has 3 aromatic carbocycles. The van der Waals surface area contributed by atoms with Gasteiger partial charge in [-0.15, -0.1) is 0 Å². The minimum atomic E-state index is -0.730. The van der Waals surface area contributed by atoms with Crippen LogP contribution in [0.15, 0.2) is 78.9 Å². The number of anilines is 2. The number of hydrogen-bond acceptors (Lipinski definition) is 4. The van der Waals surface area contributed by atoms with Crippen molar-refractivity contribution >= 4 is 23.3 Å². The third kappa shape index (κ3) is 6.51. The molecule has 0 bridgehead atoms. The lowest BCUT2D eigenvalue weighted by molar-refractivity contribution is -0.139. The summed E-state index contributed by atoms with van der Waals surface area (Å²) in [5.41, 5.74) is 2.41. The van der Waals surface area contributed by atoms with Crippen LogP contribution in [0.1, 0.15) is 44.5 Å². The number of hydrogen-bond donors (Lipinski definition) is 2. The quantitative estimate of drug-likeness (QED) is 0.223. The molecule has 5 rings (SSSR count). The van der Waals surface area contributed by atoms with Crippen LogP contribution in [0.2, 0.25) is 0 Å². The molecule has 42 heavy (non-hydrogen) atoms. The zero-order valence-electron chi connectivity index (χ0n) is 23.9. The van der Waals surface area contributed by atoms with E-state index in [1.165, 1.54) is 24.3 Å². The van der Waals surface area contributed by atoms with E-state index in [1.807, 2.05) is 53.6 Å². The lowest BCUT2D eigenvalue weighted by Crippen LogP contribution is -2.52. The maximum atomic E-state index is 13.7. The van der Waals surface area contributed by atoms with Crippen molar-refractivity contribution in [1.29, 1.82) is 0 Å². The van der Waals surface area contributed by atoms with Crippen molar-refractivity contribution in [2.45, 2.75) is 51.6 Å². The molecule has 2 N–H and O–H groups in total. The van der Waals surface area contributed by atoms with E-state index < -0.39 is 5.54 Å². The molecule has 4 aromatic rings. The fraction of sp³-hybridized carbons (Fsp3) is 0.303. The number of imidazole rings is 1. The van der Waals surface area contributed by atoms with Crippen LogP contribution in [0, 0.1) is 11.6 Å². The number of fused-ring (bicyclic) bond motifs is 1. The van der Waals surface area contributed by atoms with E-state index in [2.05, 4.69) is 10.6 Å². The highest BCUT2D eigenvalue weighted by Crippen LogP contribution is 2.39. The summed E-state index contributed by atoms with van der Waals surface area (Å²) in [6.45, 7) is 5.33. The minimum absolute atomic E-state index is 0.0100. The smallest absolute Gasteiger partial charge is 0.223 e. The van der Waals surface area contributed by atoms with E-state index >= 15 is 0 Å². The topological polar surface area (TPSA) is 79.3 Å². The highest BCUT2D eigenvalue weighted by atomic mass is 19.1. The monoisotopic (exact) mass is 571 g/mol. The first kappa shape index (κ1) is 29.0. The Morgan fingerprint density at radius 2 is 1.55 bits per heavy atom. The summed E-state index contributed by atoms with van der Waals surface area (Å²) in [6, 6.07) is 22.0. The summed E-state index contributed by atoms with van der Waals surface area (Å²) < 4.78 is 29.3. The van der Waals surface area contributed by atoms with Gasteiger partial charge in [0.25, 0.3) is 0 Å². The Hall–Kier alpha value is -4.53. The first-order valence-corrected chi connectivity index (χ1v) is 14.2. The molecule has 0 unspecified atom stereocenters. The van der Waals surface area contributed by atoms with Crippen molar-refractivity contribution in [3.05, 3.63) is 102 Å². The van der Waals surface area contributed by atoms with Gasteiger partial charge in [-0.3, -0.25) is 9.59 Å². The largest absolute Gasteiger partial charge is 0.356 e. The number of nitrogens with one attached hydrogen (secondary N) is 2. The Morgan fingerprint density at radius 3 is 2.24 bits per heavy atom. The molecule has 218 valence electrons. The van der Waals surface area contributed by atoms with Gasteiger partial charge in [0.1, 0.15) is 29.0 Å². The lowest BCUT2D eigenvalue weighted by Gasteiger charge is -2.42. The van der Waals surface area contributed by atoms with E-state index in [4.69, 9.17) is 4.98 Å². The third-order valence-electron chi connectivity index (χ3n) is 7.64. The van der Waals surface area contributed by atoms with Crippen LogP contribution in [0.25, 0.3) is 11.3 Å². The number of carbonyl (C=O) groups is 2. The Balaban J connectivity index is 1.27. The highest BCUT2D eigenvalue weighted by Gasteiger charge is 2.41. The summed E-state index contributed by atoms with van der Waals surface area (Å²) in [5, 5.41) is 6.29. The second-order valence-electron chi connectivity index (χ2n) is 11.0. The Kier molecular flexibility index (Phi) is 8.66. The molecule has 0 fully saturated rings. The van der Waals surface area contributed by atoms with Gasteiger partial charge >= 0.3 is 0 Å². The van der Waals surface area contributed by atoms with Gasteiger partial charge in [0.2, 0.25) is 11.8 Å². The Bertz CT molecular complexity index is 1530. The van der Waals surface area contributed by atoms with Gasteiger partial charge in [-0.2, -0.15) is 0 Å². The van der Waals surface area contributed by atoms with Crippen molar-refractivity contribution in [2.75, 3.05) is 18.4 Å². The van der Waals surface area contributed by atoms with Crippen LogP contribution in [0.4, 0.5) is 20.3 Å². The average molecular weight is 572 g/mol. The van der Waals surface area contributed by atoms with Gasteiger partial charge in [0.05, 0.1) is 5.54 Å². The molecule has 2 amide bonds. The summed E-state index contributed by atoms with van der Waals surface area (Å²) >= 11 is 0. The predicted octanol–water partition coefficient (Wildman–Crippen LogP) is 6.18. The second-order valence-corrected chi connectivity index (χ2v) is 11.0. The van der Waals surface area contributed by atoms with Crippen molar-refractivity contribution in [3.8, 4) is 11.3 Å². The summed E-state index contributed by atoms with van der Waals surface area (Å²) in [6.07, 6.45) is 1.92. The maximum Gasteiger partial charge on any atom is 0.223 e. The van der Waals surface area contributed by atoms with Crippen LogP contribution in [-0.4, -0.2) is 39.4 Å². The summed E-state index contributed by atoms with van der Waals surface area (Å²) in [4.78, 5) is 32.4. The molecule has 0 saturated carbocycles. The molecule has 1 aliphatic rings. The Morgan fingerprint density at radius 1 is 0.881 bits per heavy atom. The molecule has 0 aliphatic carbocycles. The number of halogens is 2. The summed E-state index contributed by atoms with van der Waals surface area (Å²) in [7, 11) is 0. The number of amides is 2. The third-order valence-corrected chi connectivity index (χ3v) is 7.64. The fourth-order valence-corrected chi connectivity index (χ4v) is 5.37.